The SMILES string of the molecule is CCNC(=NCCc1c(C)nn(C)c1C)N1CC(C)(C)C1(C)C.I. The number of aliphatic imine (C=N–C) groups is 1. The standard InChI is InChI=1S/C18H33N5.HI/c1-9-19-16(23-12-17(4,5)18(23,6)7)20-11-10-15-13(2)21-22(8)14(15)3;/h9-12H2,1-8H3,(H,19,20);1H. The average molecular weight is 447 g/mol. The van der Waals surface area contributed by atoms with Gasteiger partial charge in [0.2, 0.25) is 0 Å². The van der Waals surface area contributed by atoms with Gasteiger partial charge in [-0.2, -0.15) is 5.10 Å². The van der Waals surface area contributed by atoms with Crippen LogP contribution in [0.15, 0.2) is 4.99 Å². The minimum absolute atomic E-state index is 0. The lowest BCUT2D eigenvalue weighted by Gasteiger charge is -2.62. The summed E-state index contributed by atoms with van der Waals surface area (Å²) in [5.41, 5.74) is 4.15. The molecule has 0 radical (unpaired) electrons. The lowest BCUT2D eigenvalue weighted by molar-refractivity contribution is -0.0667. The Bertz CT molecular complexity index is 601. The number of aromatic nitrogens is 2. The quantitative estimate of drug-likeness (QED) is 0.438. The van der Waals surface area contributed by atoms with Crippen molar-refractivity contribution >= 4 is 29.9 Å². The van der Waals surface area contributed by atoms with E-state index in [0.717, 1.165) is 37.7 Å². The molecule has 0 amide bonds. The minimum atomic E-state index is 0. The fourth-order valence-electron chi connectivity index (χ4n) is 3.25. The van der Waals surface area contributed by atoms with Crippen LogP contribution < -0.4 is 5.32 Å². The van der Waals surface area contributed by atoms with Crippen molar-refractivity contribution in [2.45, 2.75) is 60.4 Å². The van der Waals surface area contributed by atoms with Gasteiger partial charge in [-0.3, -0.25) is 9.67 Å². The Labute approximate surface area is 164 Å². The molecule has 5 nitrogen and oxygen atoms in total. The number of guanidine groups is 1. The van der Waals surface area contributed by atoms with E-state index in [1.54, 1.807) is 0 Å². The van der Waals surface area contributed by atoms with Crippen molar-refractivity contribution in [2.75, 3.05) is 19.6 Å². The first-order chi connectivity index (χ1) is 10.6. The summed E-state index contributed by atoms with van der Waals surface area (Å²) in [5, 5.41) is 7.95. The van der Waals surface area contributed by atoms with Gasteiger partial charge in [0.25, 0.3) is 0 Å². The van der Waals surface area contributed by atoms with E-state index < -0.39 is 0 Å². The van der Waals surface area contributed by atoms with E-state index in [-0.39, 0.29) is 29.5 Å². The van der Waals surface area contributed by atoms with Crippen LogP contribution in [-0.4, -0.2) is 45.8 Å². The number of nitrogens with one attached hydrogen (secondary N) is 1. The summed E-state index contributed by atoms with van der Waals surface area (Å²) >= 11 is 0. The van der Waals surface area contributed by atoms with Crippen molar-refractivity contribution in [1.82, 2.24) is 20.0 Å². The second-order valence-corrected chi connectivity index (χ2v) is 7.79. The highest BCUT2D eigenvalue weighted by atomic mass is 127. The number of nitrogens with zero attached hydrogens (tertiary/aromatic N) is 4. The molecule has 1 N–H and O–H groups in total. The largest absolute Gasteiger partial charge is 0.356 e. The molecule has 1 fully saturated rings. The highest BCUT2D eigenvalue weighted by molar-refractivity contribution is 14.0. The maximum Gasteiger partial charge on any atom is 0.194 e. The summed E-state index contributed by atoms with van der Waals surface area (Å²) < 4.78 is 1.96. The fraction of sp³-hybridized carbons (Fsp3) is 0.778. The third-order valence-corrected chi connectivity index (χ3v) is 5.76. The summed E-state index contributed by atoms with van der Waals surface area (Å²) in [6.07, 6.45) is 0.943. The average Bonchev–Trinajstić information content (AvgIpc) is 2.70. The smallest absolute Gasteiger partial charge is 0.194 e. The fourth-order valence-corrected chi connectivity index (χ4v) is 3.25. The van der Waals surface area contributed by atoms with Crippen LogP contribution in [0.3, 0.4) is 0 Å². The highest BCUT2D eigenvalue weighted by Crippen LogP contribution is 2.46. The predicted octanol–water partition coefficient (Wildman–Crippen LogP) is 3.28. The Morgan fingerprint density at radius 2 is 1.88 bits per heavy atom. The van der Waals surface area contributed by atoms with Gasteiger partial charge in [0.05, 0.1) is 5.69 Å². The number of likely N-dealkylation sites (tertiary alicyclic amines) is 1. The molecular formula is C18H34IN5. The van der Waals surface area contributed by atoms with Crippen molar-refractivity contribution in [3.05, 3.63) is 17.0 Å². The number of hydrogen-bond donors (Lipinski definition) is 1. The molecule has 1 aliphatic rings. The first-order valence-electron chi connectivity index (χ1n) is 8.67. The number of rotatable bonds is 4. The van der Waals surface area contributed by atoms with Gasteiger partial charge in [-0.05, 0) is 46.6 Å². The lowest BCUT2D eigenvalue weighted by atomic mass is 9.65. The topological polar surface area (TPSA) is 45.5 Å². The van der Waals surface area contributed by atoms with Crippen molar-refractivity contribution in [3.8, 4) is 0 Å². The van der Waals surface area contributed by atoms with Crippen LogP contribution in [0.4, 0.5) is 0 Å². The number of halogens is 1. The van der Waals surface area contributed by atoms with Crippen molar-refractivity contribution < 1.29 is 0 Å². The van der Waals surface area contributed by atoms with Crippen LogP contribution in [-0.2, 0) is 13.5 Å². The number of hydrogen-bond acceptors (Lipinski definition) is 2. The molecule has 2 rings (SSSR count). The molecule has 24 heavy (non-hydrogen) atoms. The normalized spacial score (nSPS) is 18.8. The summed E-state index contributed by atoms with van der Waals surface area (Å²) in [7, 11) is 2.00. The van der Waals surface area contributed by atoms with Gasteiger partial charge >= 0.3 is 0 Å². The van der Waals surface area contributed by atoms with Gasteiger partial charge < -0.3 is 10.2 Å². The van der Waals surface area contributed by atoms with E-state index >= 15 is 0 Å². The molecule has 0 bridgehead atoms. The Kier molecular flexibility index (Phi) is 6.75. The summed E-state index contributed by atoms with van der Waals surface area (Å²) in [6, 6.07) is 0. The van der Waals surface area contributed by atoms with Crippen LogP contribution in [0.2, 0.25) is 0 Å². The Hall–Kier alpha value is -0.790. The summed E-state index contributed by atoms with van der Waals surface area (Å²) in [5.74, 6) is 1.04. The van der Waals surface area contributed by atoms with E-state index in [0.29, 0.717) is 5.41 Å². The van der Waals surface area contributed by atoms with Crippen LogP contribution >= 0.6 is 24.0 Å². The summed E-state index contributed by atoms with van der Waals surface area (Å²) in [4.78, 5) is 7.28. The maximum atomic E-state index is 4.88. The zero-order valence-electron chi connectivity index (χ0n) is 16.5. The molecule has 0 saturated carbocycles. The van der Waals surface area contributed by atoms with Crippen molar-refractivity contribution in [2.24, 2.45) is 17.5 Å². The van der Waals surface area contributed by atoms with Crippen molar-refractivity contribution in [1.29, 1.82) is 0 Å². The van der Waals surface area contributed by atoms with Gasteiger partial charge in [-0.25, -0.2) is 0 Å². The number of aryl methyl sites for hydroxylation is 2. The molecule has 0 aliphatic carbocycles. The van der Waals surface area contributed by atoms with E-state index in [1.165, 1.54) is 11.3 Å². The van der Waals surface area contributed by atoms with E-state index in [9.17, 15) is 0 Å². The maximum absolute atomic E-state index is 4.88. The molecule has 1 aromatic rings. The second kappa shape index (κ2) is 7.62. The van der Waals surface area contributed by atoms with Crippen molar-refractivity contribution in [3.63, 3.8) is 0 Å². The molecule has 1 saturated heterocycles. The zero-order valence-corrected chi connectivity index (χ0v) is 18.9. The van der Waals surface area contributed by atoms with Gasteiger partial charge in [0.15, 0.2) is 5.96 Å². The second-order valence-electron chi connectivity index (χ2n) is 7.79. The first kappa shape index (κ1) is 21.3. The molecule has 0 atom stereocenters. The molecule has 0 aromatic carbocycles. The lowest BCUT2D eigenvalue weighted by Crippen LogP contribution is -2.72. The highest BCUT2D eigenvalue weighted by Gasteiger charge is 2.53. The van der Waals surface area contributed by atoms with E-state index in [4.69, 9.17) is 4.99 Å². The van der Waals surface area contributed by atoms with Gasteiger partial charge in [-0.15, -0.1) is 24.0 Å². The Morgan fingerprint density at radius 3 is 2.29 bits per heavy atom. The third kappa shape index (κ3) is 3.73. The Morgan fingerprint density at radius 1 is 1.25 bits per heavy atom. The molecule has 138 valence electrons. The van der Waals surface area contributed by atoms with Crippen LogP contribution in [0.25, 0.3) is 0 Å². The van der Waals surface area contributed by atoms with Crippen LogP contribution in [0.5, 0.6) is 0 Å². The van der Waals surface area contributed by atoms with Gasteiger partial charge in [-0.1, -0.05) is 13.8 Å². The van der Waals surface area contributed by atoms with E-state index in [1.807, 2.05) is 11.7 Å². The molecule has 0 unspecified atom stereocenters. The van der Waals surface area contributed by atoms with Gasteiger partial charge in [0, 0.05) is 43.3 Å². The summed E-state index contributed by atoms with van der Waals surface area (Å²) in [6.45, 7) is 18.4. The molecule has 0 spiro atoms. The monoisotopic (exact) mass is 447 g/mol. The van der Waals surface area contributed by atoms with E-state index in [2.05, 4.69) is 63.8 Å². The molecular weight excluding hydrogens is 413 g/mol. The molecule has 1 aliphatic heterocycles. The minimum Gasteiger partial charge on any atom is -0.356 e. The van der Waals surface area contributed by atoms with Crippen LogP contribution in [0, 0.1) is 19.3 Å². The predicted molar refractivity (Wildman–Crippen MR) is 112 cm³/mol. The third-order valence-electron chi connectivity index (χ3n) is 5.76. The van der Waals surface area contributed by atoms with Gasteiger partial charge in [0.1, 0.15) is 0 Å². The van der Waals surface area contributed by atoms with Crippen LogP contribution in [0.1, 0.15) is 51.6 Å². The molecule has 6 heteroatoms. The Balaban J connectivity index is 0.00000288. The molecule has 2 heterocycles. The first-order valence-corrected chi connectivity index (χ1v) is 8.67. The zero-order chi connectivity index (χ0) is 17.4. The molecule has 1 aromatic heterocycles.